The highest BCUT2D eigenvalue weighted by atomic mass is 19.4. The fourth-order valence-electron chi connectivity index (χ4n) is 3.03. The minimum Gasteiger partial charge on any atom is -0.378 e. The topological polar surface area (TPSA) is 59.4 Å². The van der Waals surface area contributed by atoms with Crippen molar-refractivity contribution < 1.29 is 22.7 Å². The number of carbonyl (C=O) groups is 1. The zero-order chi connectivity index (χ0) is 17.2. The average Bonchev–Trinajstić information content (AvgIpc) is 2.88. The first-order chi connectivity index (χ1) is 11.4. The number of amides is 1. The molecule has 6 nitrogen and oxygen atoms in total. The summed E-state index contributed by atoms with van der Waals surface area (Å²) in [4.78, 5) is 14.6. The first kappa shape index (κ1) is 17.2. The van der Waals surface area contributed by atoms with Crippen molar-refractivity contribution in [3.63, 3.8) is 0 Å². The minimum absolute atomic E-state index is 0.262. The predicted octanol–water partition coefficient (Wildman–Crippen LogP) is 1.88. The highest BCUT2D eigenvalue weighted by molar-refractivity contribution is 5.94. The van der Waals surface area contributed by atoms with Gasteiger partial charge in [0.2, 0.25) is 5.91 Å². The van der Waals surface area contributed by atoms with E-state index in [1.165, 1.54) is 31.7 Å². The molecular formula is C15H21F3N4O2. The van der Waals surface area contributed by atoms with Gasteiger partial charge in [0.05, 0.1) is 25.1 Å². The van der Waals surface area contributed by atoms with Gasteiger partial charge in [-0.25, -0.2) is 0 Å². The molecule has 9 heteroatoms. The molecule has 1 saturated carbocycles. The Morgan fingerprint density at radius 2 is 2.21 bits per heavy atom. The van der Waals surface area contributed by atoms with Crippen LogP contribution in [0.1, 0.15) is 19.3 Å². The van der Waals surface area contributed by atoms with Crippen molar-refractivity contribution in [2.45, 2.75) is 38.0 Å². The van der Waals surface area contributed by atoms with Crippen LogP contribution in [-0.4, -0.2) is 59.1 Å². The van der Waals surface area contributed by atoms with Crippen molar-refractivity contribution in [3.8, 4) is 0 Å². The number of aromatic nitrogens is 2. The van der Waals surface area contributed by atoms with Gasteiger partial charge in [-0.2, -0.15) is 18.3 Å². The van der Waals surface area contributed by atoms with Crippen LogP contribution in [0.2, 0.25) is 0 Å². The molecule has 1 aromatic heterocycles. The van der Waals surface area contributed by atoms with Crippen LogP contribution in [-0.2, 0) is 16.1 Å². The van der Waals surface area contributed by atoms with Crippen LogP contribution in [0, 0.1) is 5.92 Å². The molecule has 0 unspecified atom stereocenters. The van der Waals surface area contributed by atoms with E-state index >= 15 is 0 Å². The fourth-order valence-corrected chi connectivity index (χ4v) is 3.03. The summed E-state index contributed by atoms with van der Waals surface area (Å²) in [7, 11) is 0. The first-order valence-corrected chi connectivity index (χ1v) is 8.12. The van der Waals surface area contributed by atoms with Crippen LogP contribution in [0.4, 0.5) is 18.9 Å². The van der Waals surface area contributed by atoms with Crippen molar-refractivity contribution in [1.29, 1.82) is 0 Å². The largest absolute Gasteiger partial charge is 0.408 e. The van der Waals surface area contributed by atoms with Crippen molar-refractivity contribution in [2.75, 3.05) is 31.6 Å². The van der Waals surface area contributed by atoms with Gasteiger partial charge in [0, 0.05) is 19.3 Å². The number of morpholine rings is 1. The van der Waals surface area contributed by atoms with Crippen LogP contribution in [0.25, 0.3) is 0 Å². The molecule has 1 aliphatic carbocycles. The highest BCUT2D eigenvalue weighted by Crippen LogP contribution is 2.28. The number of hydrogen-bond donors (Lipinski definition) is 1. The molecule has 3 rings (SSSR count). The summed E-state index contributed by atoms with van der Waals surface area (Å²) in [6.07, 6.45) is 1.69. The fraction of sp³-hybridized carbons (Fsp3) is 0.733. The Morgan fingerprint density at radius 1 is 1.42 bits per heavy atom. The van der Waals surface area contributed by atoms with Gasteiger partial charge in [-0.15, -0.1) is 0 Å². The Bertz CT molecular complexity index is 571. The van der Waals surface area contributed by atoms with E-state index in [1.54, 1.807) is 0 Å². The van der Waals surface area contributed by atoms with Crippen molar-refractivity contribution >= 4 is 11.6 Å². The second-order valence-electron chi connectivity index (χ2n) is 6.41. The summed E-state index contributed by atoms with van der Waals surface area (Å²) in [6, 6.07) is -0.412. The molecule has 1 N–H and O–H groups in total. The average molecular weight is 346 g/mol. The normalized spacial score (nSPS) is 23.0. The number of rotatable bonds is 5. The number of nitrogens with zero attached hydrogens (tertiary/aromatic N) is 3. The Balaban J connectivity index is 1.58. The molecule has 2 heterocycles. The molecule has 0 bridgehead atoms. The summed E-state index contributed by atoms with van der Waals surface area (Å²) in [5.74, 6) is 0.369. The SMILES string of the molecule is O=C(Nc1cnn(CC(F)(F)F)c1)[C@@H]1COCCN1CC1CCC1. The molecule has 0 aromatic carbocycles. The maximum atomic E-state index is 12.5. The standard InChI is InChI=1S/C15H21F3N4O2/c16-15(17,18)10-22-8-12(6-19-22)20-14(23)13-9-24-5-4-21(13)7-11-2-1-3-11/h6,8,11,13H,1-5,7,9-10H2,(H,20,23)/t13-/m0/s1. The molecule has 0 spiro atoms. The lowest BCUT2D eigenvalue weighted by Crippen LogP contribution is -2.53. The first-order valence-electron chi connectivity index (χ1n) is 8.12. The van der Waals surface area contributed by atoms with Crippen LogP contribution in [0.5, 0.6) is 0 Å². The molecule has 1 amide bonds. The van der Waals surface area contributed by atoms with E-state index in [0.717, 1.165) is 11.2 Å². The second-order valence-corrected chi connectivity index (χ2v) is 6.41. The molecular weight excluding hydrogens is 325 g/mol. The molecule has 134 valence electrons. The number of nitrogens with one attached hydrogen (secondary N) is 1. The molecule has 1 saturated heterocycles. The third-order valence-corrected chi connectivity index (χ3v) is 4.50. The van der Waals surface area contributed by atoms with E-state index in [-0.39, 0.29) is 11.6 Å². The summed E-state index contributed by atoms with van der Waals surface area (Å²) >= 11 is 0. The van der Waals surface area contributed by atoms with Crippen LogP contribution in [0.15, 0.2) is 12.4 Å². The Hall–Kier alpha value is -1.61. The molecule has 2 aliphatic rings. The summed E-state index contributed by atoms with van der Waals surface area (Å²) < 4.78 is 43.2. The number of halogens is 3. The number of hydrogen-bond acceptors (Lipinski definition) is 4. The number of carbonyl (C=O) groups excluding carboxylic acids is 1. The second kappa shape index (κ2) is 7.10. The molecule has 1 atom stereocenters. The quantitative estimate of drug-likeness (QED) is 0.885. The predicted molar refractivity (Wildman–Crippen MR) is 80.4 cm³/mol. The van der Waals surface area contributed by atoms with Gasteiger partial charge >= 0.3 is 6.18 Å². The molecule has 2 fully saturated rings. The van der Waals surface area contributed by atoms with Gasteiger partial charge in [0.25, 0.3) is 0 Å². The van der Waals surface area contributed by atoms with E-state index in [9.17, 15) is 18.0 Å². The van der Waals surface area contributed by atoms with E-state index < -0.39 is 18.8 Å². The van der Waals surface area contributed by atoms with Crippen molar-refractivity contribution in [3.05, 3.63) is 12.4 Å². The van der Waals surface area contributed by atoms with E-state index in [1.807, 2.05) is 0 Å². The lowest BCUT2D eigenvalue weighted by atomic mass is 9.84. The van der Waals surface area contributed by atoms with Crippen molar-refractivity contribution in [2.24, 2.45) is 5.92 Å². The van der Waals surface area contributed by atoms with Crippen molar-refractivity contribution in [1.82, 2.24) is 14.7 Å². The van der Waals surface area contributed by atoms with Gasteiger partial charge in [0.1, 0.15) is 12.6 Å². The third kappa shape index (κ3) is 4.47. The Morgan fingerprint density at radius 3 is 2.88 bits per heavy atom. The summed E-state index contributed by atoms with van der Waals surface area (Å²) in [5.41, 5.74) is 0.262. The smallest absolute Gasteiger partial charge is 0.378 e. The van der Waals surface area contributed by atoms with Crippen LogP contribution >= 0.6 is 0 Å². The number of ether oxygens (including phenoxy) is 1. The summed E-state index contributed by atoms with van der Waals surface area (Å²) in [6.45, 7) is 1.29. The zero-order valence-electron chi connectivity index (χ0n) is 13.3. The monoisotopic (exact) mass is 346 g/mol. The third-order valence-electron chi connectivity index (χ3n) is 4.50. The van der Waals surface area contributed by atoms with Gasteiger partial charge < -0.3 is 10.1 Å². The van der Waals surface area contributed by atoms with Crippen LogP contribution < -0.4 is 5.32 Å². The Kier molecular flexibility index (Phi) is 5.09. The van der Waals surface area contributed by atoms with Gasteiger partial charge in [-0.05, 0) is 18.8 Å². The molecule has 1 aromatic rings. The summed E-state index contributed by atoms with van der Waals surface area (Å²) in [5, 5.41) is 6.27. The maximum Gasteiger partial charge on any atom is 0.408 e. The van der Waals surface area contributed by atoms with Gasteiger partial charge in [-0.3, -0.25) is 14.4 Å². The molecule has 1 aliphatic heterocycles. The molecule has 24 heavy (non-hydrogen) atoms. The van der Waals surface area contributed by atoms with Crippen LogP contribution in [0.3, 0.4) is 0 Å². The highest BCUT2D eigenvalue weighted by Gasteiger charge is 2.33. The zero-order valence-corrected chi connectivity index (χ0v) is 13.3. The Labute approximate surface area is 137 Å². The maximum absolute atomic E-state index is 12.5. The number of alkyl halides is 3. The van der Waals surface area contributed by atoms with E-state index in [4.69, 9.17) is 4.74 Å². The number of anilines is 1. The molecule has 0 radical (unpaired) electrons. The van der Waals surface area contributed by atoms with E-state index in [2.05, 4.69) is 15.3 Å². The van der Waals surface area contributed by atoms with Gasteiger partial charge in [-0.1, -0.05) is 6.42 Å². The van der Waals surface area contributed by atoms with E-state index in [0.29, 0.717) is 25.7 Å². The lowest BCUT2D eigenvalue weighted by molar-refractivity contribution is -0.142. The lowest BCUT2D eigenvalue weighted by Gasteiger charge is -2.39. The van der Waals surface area contributed by atoms with Gasteiger partial charge in [0.15, 0.2) is 0 Å². The minimum atomic E-state index is -4.34.